The number of nitrogens with zero attached hydrogens (tertiary/aromatic N) is 2. The predicted octanol–water partition coefficient (Wildman–Crippen LogP) is 0.456. The predicted molar refractivity (Wildman–Crippen MR) is 65.8 cm³/mol. The van der Waals surface area contributed by atoms with Crippen LogP contribution in [0.25, 0.3) is 0 Å². The van der Waals surface area contributed by atoms with Crippen LogP contribution in [0.4, 0.5) is 0 Å². The monoisotopic (exact) mass is 236 g/mol. The van der Waals surface area contributed by atoms with Crippen molar-refractivity contribution in [3.05, 3.63) is 17.5 Å². The van der Waals surface area contributed by atoms with Gasteiger partial charge in [0.2, 0.25) is 0 Å². The van der Waals surface area contributed by atoms with E-state index in [1.807, 2.05) is 14.0 Å². The minimum Gasteiger partial charge on any atom is -0.349 e. The molecule has 2 atom stereocenters. The van der Waals surface area contributed by atoms with Crippen molar-refractivity contribution in [1.82, 2.24) is 20.4 Å². The largest absolute Gasteiger partial charge is 0.349 e. The molecule has 1 saturated heterocycles. The zero-order valence-corrected chi connectivity index (χ0v) is 10.7. The Hall–Kier alpha value is -1.36. The molecule has 2 N–H and O–H groups in total. The van der Waals surface area contributed by atoms with Crippen LogP contribution in [-0.2, 0) is 7.05 Å². The summed E-state index contributed by atoms with van der Waals surface area (Å²) in [6.07, 6.45) is 2.76. The molecule has 1 aromatic rings. The molecule has 0 saturated carbocycles. The lowest BCUT2D eigenvalue weighted by molar-refractivity contribution is 0.0928. The highest BCUT2D eigenvalue weighted by Gasteiger charge is 2.23. The van der Waals surface area contributed by atoms with Crippen LogP contribution in [0.2, 0.25) is 0 Å². The summed E-state index contributed by atoms with van der Waals surface area (Å²) in [5.74, 6) is 0.519. The van der Waals surface area contributed by atoms with Gasteiger partial charge in [-0.2, -0.15) is 5.10 Å². The van der Waals surface area contributed by atoms with Crippen molar-refractivity contribution in [2.45, 2.75) is 26.3 Å². The van der Waals surface area contributed by atoms with E-state index in [-0.39, 0.29) is 11.9 Å². The second-order valence-electron chi connectivity index (χ2n) is 4.78. The molecule has 2 unspecified atom stereocenters. The van der Waals surface area contributed by atoms with Crippen molar-refractivity contribution >= 4 is 5.91 Å². The molecule has 2 rings (SSSR count). The average molecular weight is 236 g/mol. The lowest BCUT2D eigenvalue weighted by Gasteiger charge is -2.19. The number of aromatic nitrogens is 2. The summed E-state index contributed by atoms with van der Waals surface area (Å²) < 4.78 is 1.72. The summed E-state index contributed by atoms with van der Waals surface area (Å²) in [7, 11) is 1.84. The second kappa shape index (κ2) is 4.87. The second-order valence-corrected chi connectivity index (χ2v) is 4.78. The van der Waals surface area contributed by atoms with Crippen molar-refractivity contribution < 1.29 is 4.79 Å². The summed E-state index contributed by atoms with van der Waals surface area (Å²) >= 11 is 0. The van der Waals surface area contributed by atoms with Crippen LogP contribution in [0.3, 0.4) is 0 Å². The van der Waals surface area contributed by atoms with Crippen LogP contribution >= 0.6 is 0 Å². The van der Waals surface area contributed by atoms with Gasteiger partial charge in [-0.05, 0) is 39.3 Å². The quantitative estimate of drug-likeness (QED) is 0.801. The third-order valence-electron chi connectivity index (χ3n) is 3.64. The fourth-order valence-corrected chi connectivity index (χ4v) is 2.23. The zero-order chi connectivity index (χ0) is 12.4. The van der Waals surface area contributed by atoms with E-state index in [1.165, 1.54) is 0 Å². The first kappa shape index (κ1) is 12.1. The molecule has 1 fully saturated rings. The average Bonchev–Trinajstić information content (AvgIpc) is 2.90. The van der Waals surface area contributed by atoms with Crippen LogP contribution in [0.15, 0.2) is 6.20 Å². The van der Waals surface area contributed by atoms with E-state index < -0.39 is 0 Å². The van der Waals surface area contributed by atoms with E-state index in [0.29, 0.717) is 11.5 Å². The number of amides is 1. The molecule has 5 heteroatoms. The van der Waals surface area contributed by atoms with E-state index in [2.05, 4.69) is 22.7 Å². The molecule has 0 bridgehead atoms. The molecule has 1 aliphatic rings. The number of carbonyl (C=O) groups excluding carboxylic acids is 1. The van der Waals surface area contributed by atoms with Gasteiger partial charge in [0, 0.05) is 18.8 Å². The highest BCUT2D eigenvalue weighted by Crippen LogP contribution is 2.13. The van der Waals surface area contributed by atoms with Crippen molar-refractivity contribution in [3.63, 3.8) is 0 Å². The maximum atomic E-state index is 12.1. The fourth-order valence-electron chi connectivity index (χ4n) is 2.23. The van der Waals surface area contributed by atoms with Gasteiger partial charge in [0.05, 0.1) is 11.8 Å². The van der Waals surface area contributed by atoms with Gasteiger partial charge in [-0.15, -0.1) is 0 Å². The Morgan fingerprint density at radius 1 is 1.71 bits per heavy atom. The lowest BCUT2D eigenvalue weighted by Crippen LogP contribution is -2.39. The standard InChI is InChI=1S/C12H20N4O/c1-8(10-4-5-13-6-10)15-12(17)11-7-14-16(3)9(11)2/h7-8,10,13H,4-6H2,1-3H3,(H,15,17). The Morgan fingerprint density at radius 2 is 2.47 bits per heavy atom. The van der Waals surface area contributed by atoms with Gasteiger partial charge in [0.15, 0.2) is 0 Å². The van der Waals surface area contributed by atoms with Gasteiger partial charge < -0.3 is 10.6 Å². The van der Waals surface area contributed by atoms with Gasteiger partial charge in [-0.25, -0.2) is 0 Å². The molecule has 1 aromatic heterocycles. The maximum Gasteiger partial charge on any atom is 0.254 e. The minimum absolute atomic E-state index is 0.0185. The molecule has 0 aliphatic carbocycles. The Balaban J connectivity index is 1.99. The summed E-state index contributed by atoms with van der Waals surface area (Å²) in [5, 5.41) is 10.5. The smallest absolute Gasteiger partial charge is 0.254 e. The van der Waals surface area contributed by atoms with Crippen molar-refractivity contribution in [2.75, 3.05) is 13.1 Å². The molecule has 2 heterocycles. The number of hydrogen-bond acceptors (Lipinski definition) is 3. The maximum absolute atomic E-state index is 12.1. The van der Waals surface area contributed by atoms with Crippen LogP contribution in [-0.4, -0.2) is 34.8 Å². The number of carbonyl (C=O) groups is 1. The fraction of sp³-hybridized carbons (Fsp3) is 0.667. The minimum atomic E-state index is -0.0185. The Labute approximate surface area is 102 Å². The first-order valence-corrected chi connectivity index (χ1v) is 6.09. The number of nitrogens with one attached hydrogen (secondary N) is 2. The van der Waals surface area contributed by atoms with Crippen molar-refractivity contribution in [3.8, 4) is 0 Å². The Kier molecular flexibility index (Phi) is 3.47. The van der Waals surface area contributed by atoms with Gasteiger partial charge >= 0.3 is 0 Å². The molecule has 5 nitrogen and oxygen atoms in total. The molecule has 1 aliphatic heterocycles. The Bertz CT molecular complexity index is 407. The van der Waals surface area contributed by atoms with Gasteiger partial charge in [-0.3, -0.25) is 9.48 Å². The molecule has 1 amide bonds. The van der Waals surface area contributed by atoms with E-state index in [1.54, 1.807) is 10.9 Å². The summed E-state index contributed by atoms with van der Waals surface area (Å²) in [4.78, 5) is 12.1. The zero-order valence-electron chi connectivity index (χ0n) is 10.7. The van der Waals surface area contributed by atoms with Gasteiger partial charge in [0.1, 0.15) is 0 Å². The first-order valence-electron chi connectivity index (χ1n) is 6.09. The molecule has 0 aromatic carbocycles. The first-order chi connectivity index (χ1) is 8.09. The summed E-state index contributed by atoms with van der Waals surface area (Å²) in [6.45, 7) is 6.02. The van der Waals surface area contributed by atoms with Crippen molar-refractivity contribution in [2.24, 2.45) is 13.0 Å². The molecular formula is C12H20N4O. The van der Waals surface area contributed by atoms with E-state index in [0.717, 1.165) is 25.2 Å². The SMILES string of the molecule is Cc1c(C(=O)NC(C)C2CCNC2)cnn1C. The van der Waals surface area contributed by atoms with E-state index >= 15 is 0 Å². The van der Waals surface area contributed by atoms with Crippen LogP contribution in [0.1, 0.15) is 29.4 Å². The third kappa shape index (κ3) is 2.49. The molecule has 0 spiro atoms. The molecular weight excluding hydrogens is 216 g/mol. The lowest BCUT2D eigenvalue weighted by atomic mass is 10.0. The van der Waals surface area contributed by atoms with Crippen LogP contribution in [0.5, 0.6) is 0 Å². The van der Waals surface area contributed by atoms with Crippen molar-refractivity contribution in [1.29, 1.82) is 0 Å². The number of aryl methyl sites for hydroxylation is 1. The van der Waals surface area contributed by atoms with Crippen LogP contribution < -0.4 is 10.6 Å². The number of rotatable bonds is 3. The number of hydrogen-bond donors (Lipinski definition) is 2. The molecule has 94 valence electrons. The molecule has 0 radical (unpaired) electrons. The third-order valence-corrected chi connectivity index (χ3v) is 3.64. The van der Waals surface area contributed by atoms with Gasteiger partial charge in [0.25, 0.3) is 5.91 Å². The topological polar surface area (TPSA) is 59.0 Å². The summed E-state index contributed by atoms with van der Waals surface area (Å²) in [6, 6.07) is 0.206. The van der Waals surface area contributed by atoms with E-state index in [4.69, 9.17) is 0 Å². The van der Waals surface area contributed by atoms with E-state index in [9.17, 15) is 4.79 Å². The molecule has 17 heavy (non-hydrogen) atoms. The normalized spacial score (nSPS) is 21.5. The van der Waals surface area contributed by atoms with Crippen LogP contribution in [0, 0.1) is 12.8 Å². The Morgan fingerprint density at radius 3 is 3.00 bits per heavy atom. The highest BCUT2D eigenvalue weighted by molar-refractivity contribution is 5.95. The van der Waals surface area contributed by atoms with Gasteiger partial charge in [-0.1, -0.05) is 0 Å². The summed E-state index contributed by atoms with van der Waals surface area (Å²) in [5.41, 5.74) is 1.57. The highest BCUT2D eigenvalue weighted by atomic mass is 16.1.